The van der Waals surface area contributed by atoms with E-state index in [1.54, 1.807) is 5.43 Å². The van der Waals surface area contributed by atoms with Crippen molar-refractivity contribution < 1.29 is 32.9 Å². The van der Waals surface area contributed by atoms with Gasteiger partial charge in [0.2, 0.25) is 21.6 Å². The average molecular weight is 444 g/mol. The normalized spacial score (nSPS) is 5.54. The quantitative estimate of drug-likeness (QED) is 0.187. The maximum atomic E-state index is 9.37. The summed E-state index contributed by atoms with van der Waals surface area (Å²) in [4.78, 5) is 18.7. The number of nitrogens with one attached hydrogen (secondary N) is 1. The van der Waals surface area contributed by atoms with E-state index >= 15 is 0 Å². The number of carbonyl (C=O) groups excluding carboxylic acids is 2. The molecule has 3 N–H and O–H groups in total. The first kappa shape index (κ1) is 23.7. The number of nitrogens with two attached hydrogens (primary N) is 1. The Kier molecular flexibility index (Phi) is 42.2. The molecule has 0 fully saturated rings. The fourth-order valence-corrected chi connectivity index (χ4v) is 0. The van der Waals surface area contributed by atoms with Gasteiger partial charge in [-0.15, -0.1) is 0 Å². The number of ether oxygens (including phenoxy) is 1. The fourth-order valence-electron chi connectivity index (χ4n) is 0. The Hall–Kier alpha value is 1.07. The first-order valence-corrected chi connectivity index (χ1v) is 8.57. The van der Waals surface area contributed by atoms with Crippen LogP contribution in [0, 0.1) is 0 Å². The second-order valence-corrected chi connectivity index (χ2v) is 1.03. The summed E-state index contributed by atoms with van der Waals surface area (Å²) in [5, 5.41) is 0. The third-order valence-corrected chi connectivity index (χ3v) is 0.343. The molecule has 5 radical (unpaired) electrons. The summed E-state index contributed by atoms with van der Waals surface area (Å²) in [6.07, 6.45) is 0. The van der Waals surface area contributed by atoms with Crippen molar-refractivity contribution in [3.63, 3.8) is 0 Å². The molecule has 10 heteroatoms. The first-order valence-electron chi connectivity index (χ1n) is 2.28. The smallest absolute Gasteiger partial charge is 0.235 e. The SMILES string of the molecule is II.[B]C(=O)NN.[B]C(=O)OC.[V]. The van der Waals surface area contributed by atoms with Crippen LogP contribution in [0.4, 0.5) is 9.59 Å². The van der Waals surface area contributed by atoms with Gasteiger partial charge in [0, 0.05) is 55.8 Å². The molecular formula is C3H6B2I2N2O3V. The van der Waals surface area contributed by atoms with E-state index in [9.17, 15) is 9.59 Å². The predicted molar refractivity (Wildman–Crippen MR) is 64.7 cm³/mol. The molecule has 0 aromatic carbocycles. The molecule has 0 bridgehead atoms. The number of carbonyl (C=O) groups is 2. The maximum Gasteiger partial charge on any atom is 0.235 e. The number of hydrazine groups is 1. The van der Waals surface area contributed by atoms with Gasteiger partial charge < -0.3 is 10.2 Å². The molecule has 5 nitrogen and oxygen atoms in total. The Morgan fingerprint density at radius 2 is 1.54 bits per heavy atom. The van der Waals surface area contributed by atoms with E-state index in [0.29, 0.717) is 0 Å². The summed E-state index contributed by atoms with van der Waals surface area (Å²) in [7, 11) is 10.1. The van der Waals surface area contributed by atoms with Crippen molar-refractivity contribution in [3.05, 3.63) is 0 Å². The van der Waals surface area contributed by atoms with Crippen LogP contribution in [0.25, 0.3) is 0 Å². The zero-order valence-electron chi connectivity index (χ0n) is 6.66. The maximum absolute atomic E-state index is 9.37. The number of hydrogen-bond acceptors (Lipinski definition) is 4. The van der Waals surface area contributed by atoms with Gasteiger partial charge in [-0.25, -0.2) is 5.84 Å². The molecule has 0 rings (SSSR count). The van der Waals surface area contributed by atoms with Gasteiger partial charge in [0.15, 0.2) is 5.81 Å². The summed E-state index contributed by atoms with van der Waals surface area (Å²) in [6.45, 7) is 0. The van der Waals surface area contributed by atoms with Crippen molar-refractivity contribution >= 4 is 64.6 Å². The van der Waals surface area contributed by atoms with Crippen LogP contribution in [0.3, 0.4) is 0 Å². The van der Waals surface area contributed by atoms with Gasteiger partial charge in [-0.1, -0.05) is 0 Å². The molecule has 0 aromatic heterocycles. The molecule has 0 spiro atoms. The summed E-state index contributed by atoms with van der Waals surface area (Å²) in [6, 6.07) is 0. The molecule has 0 unspecified atom stereocenters. The Balaban J connectivity index is -0.0000000491. The van der Waals surface area contributed by atoms with Crippen molar-refractivity contribution in [2.75, 3.05) is 7.11 Å². The molecule has 0 aromatic rings. The molecule has 71 valence electrons. The van der Waals surface area contributed by atoms with Crippen molar-refractivity contribution in [1.82, 2.24) is 5.43 Å². The number of hydrogen-bond donors (Lipinski definition) is 2. The number of halogens is 2. The fraction of sp³-hybridized carbons (Fsp3) is 0.333. The van der Waals surface area contributed by atoms with Gasteiger partial charge in [0.25, 0.3) is 0 Å². The van der Waals surface area contributed by atoms with Crippen LogP contribution < -0.4 is 11.3 Å². The summed E-state index contributed by atoms with van der Waals surface area (Å²) in [5.74, 6) is 2.98. The summed E-state index contributed by atoms with van der Waals surface area (Å²) < 4.78 is 3.89. The van der Waals surface area contributed by atoms with Gasteiger partial charge in [0.05, 0.1) is 7.11 Å². The van der Waals surface area contributed by atoms with E-state index in [1.165, 1.54) is 7.11 Å². The van der Waals surface area contributed by atoms with Gasteiger partial charge in [-0.3, -0.25) is 9.59 Å². The third-order valence-electron chi connectivity index (χ3n) is 0.343. The van der Waals surface area contributed by atoms with E-state index in [2.05, 4.69) is 63.5 Å². The van der Waals surface area contributed by atoms with E-state index in [-0.39, 0.29) is 18.6 Å². The molecule has 0 aliphatic heterocycles. The van der Waals surface area contributed by atoms with E-state index in [1.807, 2.05) is 0 Å². The van der Waals surface area contributed by atoms with Crippen LogP contribution in [-0.4, -0.2) is 34.5 Å². The van der Waals surface area contributed by atoms with Crippen LogP contribution in [0.15, 0.2) is 0 Å². The Morgan fingerprint density at radius 3 is 1.54 bits per heavy atom. The van der Waals surface area contributed by atoms with Crippen LogP contribution in [0.5, 0.6) is 0 Å². The van der Waals surface area contributed by atoms with Gasteiger partial charge in [0.1, 0.15) is 0 Å². The largest absolute Gasteiger partial charge is 0.478 e. The minimum absolute atomic E-state index is 0. The average Bonchev–Trinajstić information content (AvgIpc) is 2.09. The molecule has 1 amide bonds. The Bertz CT molecular complexity index is 117. The molecule has 0 aliphatic rings. The number of amides is 1. The molecule has 0 aliphatic carbocycles. The minimum atomic E-state index is -0.745. The third kappa shape index (κ3) is 62.3. The monoisotopic (exact) mass is 445 g/mol. The molecule has 13 heavy (non-hydrogen) atoms. The van der Waals surface area contributed by atoms with Crippen LogP contribution in [0.1, 0.15) is 0 Å². The second-order valence-electron chi connectivity index (χ2n) is 1.03. The van der Waals surface area contributed by atoms with E-state index < -0.39 is 11.7 Å². The minimum Gasteiger partial charge on any atom is -0.478 e. The van der Waals surface area contributed by atoms with E-state index in [0.717, 1.165) is 0 Å². The van der Waals surface area contributed by atoms with Crippen LogP contribution in [-0.2, 0) is 23.3 Å². The topological polar surface area (TPSA) is 81.4 Å². The van der Waals surface area contributed by atoms with Crippen molar-refractivity contribution in [2.45, 2.75) is 0 Å². The van der Waals surface area contributed by atoms with Crippen molar-refractivity contribution in [1.29, 1.82) is 0 Å². The standard InChI is InChI=1S/C2H3BO2.CH3BN2O.I2.V/c1-5-2(3)4;2-1(5)4-3;1-2;/h1H3;3H2,(H,4,5);;. The molecule has 0 heterocycles. The first-order chi connectivity index (χ1) is 5.54. The van der Waals surface area contributed by atoms with Crippen LogP contribution in [0.2, 0.25) is 0 Å². The molecule has 0 saturated heterocycles. The summed E-state index contributed by atoms with van der Waals surface area (Å²) in [5.41, 5.74) is 1.67. The number of methoxy groups -OCH3 is 1. The molecule has 0 atom stereocenters. The molecular weight excluding hydrogens is 438 g/mol. The second kappa shape index (κ2) is 23.1. The van der Waals surface area contributed by atoms with Gasteiger partial charge >= 0.3 is 0 Å². The zero-order valence-corrected chi connectivity index (χ0v) is 12.4. The predicted octanol–water partition coefficient (Wildman–Crippen LogP) is 0.428. The Morgan fingerprint density at radius 1 is 1.38 bits per heavy atom. The zero-order chi connectivity index (χ0) is 10.6. The van der Waals surface area contributed by atoms with Crippen molar-refractivity contribution in [3.8, 4) is 0 Å². The van der Waals surface area contributed by atoms with Gasteiger partial charge in [-0.05, 0) is 0 Å². The van der Waals surface area contributed by atoms with E-state index in [4.69, 9.17) is 0 Å². The van der Waals surface area contributed by atoms with Crippen LogP contribution >= 0.6 is 37.2 Å². The Labute approximate surface area is 115 Å². The van der Waals surface area contributed by atoms with Crippen molar-refractivity contribution in [2.24, 2.45) is 5.84 Å². The molecule has 0 saturated carbocycles. The summed E-state index contributed by atoms with van der Waals surface area (Å²) >= 11 is 4.24. The number of rotatable bonds is 0. The van der Waals surface area contributed by atoms with Gasteiger partial charge in [-0.2, -0.15) is 0 Å².